The van der Waals surface area contributed by atoms with Crippen LogP contribution in [0.3, 0.4) is 0 Å². The lowest BCUT2D eigenvalue weighted by molar-refractivity contribution is -0.271. The predicted molar refractivity (Wildman–Crippen MR) is 69.4 cm³/mol. The summed E-state index contributed by atoms with van der Waals surface area (Å²) < 4.78 is 42.9. The highest BCUT2D eigenvalue weighted by atomic mass is 19.4. The maximum atomic E-state index is 12.7. The Kier molecular flexibility index (Phi) is 4.40. The van der Waals surface area contributed by atoms with Crippen molar-refractivity contribution in [1.29, 1.82) is 0 Å². The SMILES string of the molecule is COc1cc(NC(=O)N2CCC(O)(C(F)(F)F)CC2)ncn1. The van der Waals surface area contributed by atoms with Crippen molar-refractivity contribution in [2.75, 3.05) is 25.5 Å². The first-order valence-corrected chi connectivity index (χ1v) is 6.46. The van der Waals surface area contributed by atoms with E-state index in [0.29, 0.717) is 0 Å². The molecule has 0 bridgehead atoms. The molecule has 22 heavy (non-hydrogen) atoms. The minimum absolute atomic E-state index is 0.175. The first-order valence-electron chi connectivity index (χ1n) is 6.46. The van der Waals surface area contributed by atoms with Crippen molar-refractivity contribution in [3.05, 3.63) is 12.4 Å². The highest BCUT2D eigenvalue weighted by Crippen LogP contribution is 2.38. The lowest BCUT2D eigenvalue weighted by atomic mass is 9.91. The molecule has 1 fully saturated rings. The summed E-state index contributed by atoms with van der Waals surface area (Å²) in [6.45, 7) is -0.409. The van der Waals surface area contributed by atoms with E-state index >= 15 is 0 Å². The lowest BCUT2D eigenvalue weighted by Gasteiger charge is -2.38. The number of hydrogen-bond acceptors (Lipinski definition) is 5. The van der Waals surface area contributed by atoms with Crippen LogP contribution >= 0.6 is 0 Å². The van der Waals surface area contributed by atoms with Crippen LogP contribution in [-0.2, 0) is 0 Å². The second-order valence-electron chi connectivity index (χ2n) is 4.89. The molecule has 1 aliphatic rings. The molecule has 1 aromatic heterocycles. The Labute approximate surface area is 124 Å². The van der Waals surface area contributed by atoms with Crippen LogP contribution in [-0.4, -0.2) is 58.0 Å². The van der Waals surface area contributed by atoms with Crippen LogP contribution in [0.25, 0.3) is 0 Å². The third-order valence-electron chi connectivity index (χ3n) is 3.49. The second-order valence-corrected chi connectivity index (χ2v) is 4.89. The quantitative estimate of drug-likeness (QED) is 0.860. The van der Waals surface area contributed by atoms with Crippen LogP contribution in [0, 0.1) is 0 Å². The normalized spacial score (nSPS) is 18.0. The Hall–Kier alpha value is -2.10. The number of urea groups is 1. The number of amides is 2. The highest BCUT2D eigenvalue weighted by Gasteiger charge is 2.54. The van der Waals surface area contributed by atoms with E-state index in [1.54, 1.807) is 0 Å². The van der Waals surface area contributed by atoms with Crippen molar-refractivity contribution < 1.29 is 27.8 Å². The van der Waals surface area contributed by atoms with Gasteiger partial charge in [-0.2, -0.15) is 13.2 Å². The van der Waals surface area contributed by atoms with Gasteiger partial charge in [0.25, 0.3) is 0 Å². The molecule has 2 amide bonds. The molecule has 0 spiro atoms. The molecule has 2 heterocycles. The largest absolute Gasteiger partial charge is 0.481 e. The van der Waals surface area contributed by atoms with Crippen molar-refractivity contribution in [2.24, 2.45) is 0 Å². The summed E-state index contributed by atoms with van der Waals surface area (Å²) >= 11 is 0. The highest BCUT2D eigenvalue weighted by molar-refractivity contribution is 5.88. The number of likely N-dealkylation sites (tertiary alicyclic amines) is 1. The zero-order valence-electron chi connectivity index (χ0n) is 11.7. The van der Waals surface area contributed by atoms with Gasteiger partial charge >= 0.3 is 12.2 Å². The van der Waals surface area contributed by atoms with E-state index in [0.717, 1.165) is 0 Å². The minimum Gasteiger partial charge on any atom is -0.481 e. The van der Waals surface area contributed by atoms with Gasteiger partial charge in [-0.05, 0) is 0 Å². The molecule has 122 valence electrons. The van der Waals surface area contributed by atoms with Gasteiger partial charge in [-0.25, -0.2) is 14.8 Å². The van der Waals surface area contributed by atoms with E-state index in [4.69, 9.17) is 4.74 Å². The zero-order valence-corrected chi connectivity index (χ0v) is 11.7. The molecule has 0 atom stereocenters. The van der Waals surface area contributed by atoms with Crippen LogP contribution in [0.4, 0.5) is 23.8 Å². The molecule has 0 saturated carbocycles. The molecule has 1 saturated heterocycles. The molecular formula is C12H15F3N4O3. The van der Waals surface area contributed by atoms with Gasteiger partial charge in [-0.15, -0.1) is 0 Å². The van der Waals surface area contributed by atoms with Crippen LogP contribution < -0.4 is 10.1 Å². The molecule has 7 nitrogen and oxygen atoms in total. The summed E-state index contributed by atoms with van der Waals surface area (Å²) in [7, 11) is 1.40. The fourth-order valence-corrected chi connectivity index (χ4v) is 2.07. The number of ether oxygens (including phenoxy) is 1. The summed E-state index contributed by atoms with van der Waals surface area (Å²) in [6.07, 6.45) is -4.63. The standard InChI is InChI=1S/C12H15F3N4O3/c1-22-9-6-8(16-7-17-9)18-10(20)19-4-2-11(21,3-5-19)12(13,14)15/h6-7,21H,2-5H2,1H3,(H,16,17,18,20). The van der Waals surface area contributed by atoms with Gasteiger partial charge < -0.3 is 14.7 Å². The van der Waals surface area contributed by atoms with Gasteiger partial charge in [-0.1, -0.05) is 0 Å². The van der Waals surface area contributed by atoms with Crippen molar-refractivity contribution in [1.82, 2.24) is 14.9 Å². The predicted octanol–water partition coefficient (Wildman–Crippen LogP) is 1.41. The molecular weight excluding hydrogens is 305 g/mol. The zero-order chi connectivity index (χ0) is 16.4. The Bertz CT molecular complexity index is 545. The van der Waals surface area contributed by atoms with Crippen molar-refractivity contribution in [3.8, 4) is 5.88 Å². The number of halogens is 3. The molecule has 0 aliphatic carbocycles. The number of aliphatic hydroxyl groups is 1. The molecule has 2 rings (SSSR count). The van der Waals surface area contributed by atoms with Crippen molar-refractivity contribution in [2.45, 2.75) is 24.6 Å². The number of nitrogens with zero attached hydrogens (tertiary/aromatic N) is 3. The maximum Gasteiger partial charge on any atom is 0.417 e. The second kappa shape index (κ2) is 5.95. The Morgan fingerprint density at radius 2 is 2.05 bits per heavy atom. The average Bonchev–Trinajstić information content (AvgIpc) is 2.47. The summed E-state index contributed by atoms with van der Waals surface area (Å²) in [5.74, 6) is 0.420. The van der Waals surface area contributed by atoms with Gasteiger partial charge in [-0.3, -0.25) is 5.32 Å². The van der Waals surface area contributed by atoms with Gasteiger partial charge in [0.2, 0.25) is 5.88 Å². The fourth-order valence-electron chi connectivity index (χ4n) is 2.07. The third kappa shape index (κ3) is 3.38. The monoisotopic (exact) mass is 320 g/mol. The Morgan fingerprint density at radius 3 is 2.59 bits per heavy atom. The molecule has 1 aromatic rings. The van der Waals surface area contributed by atoms with Crippen molar-refractivity contribution in [3.63, 3.8) is 0 Å². The van der Waals surface area contributed by atoms with E-state index in [1.807, 2.05) is 0 Å². The number of aromatic nitrogens is 2. The number of nitrogens with one attached hydrogen (secondary N) is 1. The molecule has 0 radical (unpaired) electrons. The first kappa shape index (κ1) is 16.3. The minimum atomic E-state index is -4.70. The molecule has 0 aromatic carbocycles. The van der Waals surface area contributed by atoms with Gasteiger partial charge in [0.05, 0.1) is 7.11 Å². The van der Waals surface area contributed by atoms with E-state index in [2.05, 4.69) is 15.3 Å². The topological polar surface area (TPSA) is 87.6 Å². The number of carbonyl (C=O) groups is 1. The maximum absolute atomic E-state index is 12.7. The molecule has 2 N–H and O–H groups in total. The van der Waals surface area contributed by atoms with Gasteiger partial charge in [0.15, 0.2) is 5.60 Å². The van der Waals surface area contributed by atoms with Gasteiger partial charge in [0.1, 0.15) is 12.1 Å². The van der Waals surface area contributed by atoms with E-state index in [1.165, 1.54) is 24.4 Å². The van der Waals surface area contributed by atoms with Crippen LogP contribution in [0.1, 0.15) is 12.8 Å². The number of methoxy groups -OCH3 is 1. The summed E-state index contributed by atoms with van der Waals surface area (Å²) in [4.78, 5) is 20.7. The molecule has 1 aliphatic heterocycles. The number of rotatable bonds is 2. The van der Waals surface area contributed by atoms with E-state index < -0.39 is 30.7 Å². The Morgan fingerprint density at radius 1 is 1.41 bits per heavy atom. The number of carbonyl (C=O) groups excluding carboxylic acids is 1. The summed E-state index contributed by atoms with van der Waals surface area (Å²) in [5, 5.41) is 12.0. The van der Waals surface area contributed by atoms with Crippen LogP contribution in [0.5, 0.6) is 5.88 Å². The van der Waals surface area contributed by atoms with E-state index in [-0.39, 0.29) is 24.8 Å². The number of piperidine rings is 1. The average molecular weight is 320 g/mol. The summed E-state index contributed by atoms with van der Waals surface area (Å²) in [6, 6.07) is 0.790. The van der Waals surface area contributed by atoms with E-state index in [9.17, 15) is 23.1 Å². The molecule has 0 unspecified atom stereocenters. The van der Waals surface area contributed by atoms with Crippen LogP contribution in [0.15, 0.2) is 12.4 Å². The number of alkyl halides is 3. The van der Waals surface area contributed by atoms with Gasteiger partial charge in [0, 0.05) is 32.0 Å². The smallest absolute Gasteiger partial charge is 0.417 e. The summed E-state index contributed by atoms with van der Waals surface area (Å²) in [5.41, 5.74) is -2.73. The first-order chi connectivity index (χ1) is 10.2. The molecule has 10 heteroatoms. The van der Waals surface area contributed by atoms with Crippen LogP contribution in [0.2, 0.25) is 0 Å². The number of anilines is 1. The number of hydrogen-bond donors (Lipinski definition) is 2. The lowest BCUT2D eigenvalue weighted by Crippen LogP contribution is -2.55. The Balaban J connectivity index is 1.95. The third-order valence-corrected chi connectivity index (χ3v) is 3.49. The fraction of sp³-hybridized carbons (Fsp3) is 0.583. The van der Waals surface area contributed by atoms with Crippen molar-refractivity contribution >= 4 is 11.8 Å².